The summed E-state index contributed by atoms with van der Waals surface area (Å²) in [5.41, 5.74) is 11.5. The lowest BCUT2D eigenvalue weighted by molar-refractivity contribution is -0.161. The number of carboxylic acid groups (broad SMARTS) is 1. The number of aliphatic hydroxyl groups is 1. The van der Waals surface area contributed by atoms with Gasteiger partial charge in [0.1, 0.15) is 12.6 Å². The highest BCUT2D eigenvalue weighted by molar-refractivity contribution is 8.00. The smallest absolute Gasteiger partial charge is 0.472 e. The van der Waals surface area contributed by atoms with Gasteiger partial charge in [0.05, 0.1) is 19.3 Å². The van der Waals surface area contributed by atoms with E-state index in [1.165, 1.54) is 69.5 Å². The first-order valence-corrected chi connectivity index (χ1v) is 25.5. The lowest BCUT2D eigenvalue weighted by Gasteiger charge is -2.23. The Bertz CT molecular complexity index is 1430. The summed E-state index contributed by atoms with van der Waals surface area (Å²) in [4.78, 5) is 46.7. The van der Waals surface area contributed by atoms with Crippen molar-refractivity contribution in [2.45, 2.75) is 166 Å². The molecule has 0 radical (unpaired) electrons. The number of allylic oxidation sites excluding steroid dienone is 13. The Balaban J connectivity index is 5.14. The van der Waals surface area contributed by atoms with E-state index in [-0.39, 0.29) is 44.6 Å². The number of hydrogen-bond donors (Lipinski definition) is 5. The number of nitrogens with two attached hydrogens (primary N) is 2. The number of carboxylic acids is 1. The average molecular weight is 925 g/mol. The third-order valence-corrected chi connectivity index (χ3v) is 11.6. The van der Waals surface area contributed by atoms with Crippen molar-refractivity contribution in [3.05, 3.63) is 85.1 Å². The second kappa shape index (κ2) is 42.9. The minimum absolute atomic E-state index is 0.00315. The molecule has 5 atom stereocenters. The van der Waals surface area contributed by atoms with E-state index in [1.807, 2.05) is 36.5 Å². The number of aliphatic carboxylic acids is 1. The van der Waals surface area contributed by atoms with E-state index in [0.29, 0.717) is 12.8 Å². The largest absolute Gasteiger partial charge is 0.481 e. The molecule has 0 aromatic heterocycles. The van der Waals surface area contributed by atoms with Crippen LogP contribution in [0.4, 0.5) is 0 Å². The van der Waals surface area contributed by atoms with Gasteiger partial charge in [-0.05, 0) is 70.6 Å². The number of ether oxygens (including phenoxy) is 2. The molecule has 15 heteroatoms. The van der Waals surface area contributed by atoms with Crippen molar-refractivity contribution in [1.82, 2.24) is 0 Å². The molecular formula is C48H81N2O11PS. The zero-order valence-electron chi connectivity index (χ0n) is 38.2. The first-order valence-electron chi connectivity index (χ1n) is 23.0. The van der Waals surface area contributed by atoms with E-state index in [2.05, 4.69) is 50.3 Å². The molecule has 0 saturated heterocycles. The molecule has 0 aliphatic rings. The van der Waals surface area contributed by atoms with Crippen LogP contribution in [0.3, 0.4) is 0 Å². The number of thioether (sulfide) groups is 1. The number of carbonyl (C=O) groups is 3. The lowest BCUT2D eigenvalue weighted by Crippen LogP contribution is -2.40. The predicted octanol–water partition coefficient (Wildman–Crippen LogP) is 10.1. The van der Waals surface area contributed by atoms with Gasteiger partial charge in [-0.2, -0.15) is 0 Å². The molecule has 0 aromatic carbocycles. The Hall–Kier alpha value is -3.07. The predicted molar refractivity (Wildman–Crippen MR) is 257 cm³/mol. The second-order valence-electron chi connectivity index (χ2n) is 15.1. The van der Waals surface area contributed by atoms with Crippen molar-refractivity contribution >= 4 is 37.5 Å². The molecule has 63 heavy (non-hydrogen) atoms. The maximum absolute atomic E-state index is 13.1. The highest BCUT2D eigenvalue weighted by Crippen LogP contribution is 2.43. The molecule has 360 valence electrons. The molecule has 13 nitrogen and oxygen atoms in total. The molecule has 7 N–H and O–H groups in total. The Morgan fingerprint density at radius 1 is 0.698 bits per heavy atom. The first-order chi connectivity index (χ1) is 30.4. The molecule has 0 spiro atoms. The number of rotatable bonds is 42. The Kier molecular flexibility index (Phi) is 40.8. The maximum atomic E-state index is 13.1. The van der Waals surface area contributed by atoms with Crippen LogP contribution < -0.4 is 11.5 Å². The number of esters is 2. The fourth-order valence-corrected chi connectivity index (χ4v) is 7.55. The fraction of sp³-hybridized carbons (Fsp3) is 0.646. The quantitative estimate of drug-likeness (QED) is 0.0127. The number of unbranched alkanes of at least 4 members (excludes halogenated alkanes) is 10. The van der Waals surface area contributed by atoms with E-state index < -0.39 is 62.4 Å². The summed E-state index contributed by atoms with van der Waals surface area (Å²) in [6.07, 6.45) is 43.8. The zero-order chi connectivity index (χ0) is 46.7. The molecule has 0 amide bonds. The molecule has 0 aliphatic heterocycles. The topological polar surface area (TPSA) is 218 Å². The van der Waals surface area contributed by atoms with Crippen molar-refractivity contribution in [1.29, 1.82) is 0 Å². The monoisotopic (exact) mass is 925 g/mol. The standard InChI is InChI=1S/C48H81N2O11PS/c1-3-5-7-9-11-13-15-17-18-19-20-21-23-25-27-29-31-36-47(54)58-39-42(40-60-62(56,57)59-38-37-49)61-48(55)43(50)41-63-45(44(51)33-32-35-46(52)53)34-30-28-26-24-22-16-14-12-10-8-6-4-2/h12,14,17-18,20-22,24-28,30,34,42-45,51H,3-11,13,15-16,19,23,29,31-33,35-41,49-50H2,1-2H3,(H,52,53)(H,56,57)/b14-12-,18-17-,21-20-,24-22-,27-25-,28-26+,34-30+/t42-,43+,44+,45-/m1/s1. The maximum Gasteiger partial charge on any atom is 0.472 e. The van der Waals surface area contributed by atoms with Gasteiger partial charge in [-0.1, -0.05) is 144 Å². The molecule has 0 rings (SSSR count). The minimum Gasteiger partial charge on any atom is -0.481 e. The van der Waals surface area contributed by atoms with Crippen LogP contribution >= 0.6 is 19.6 Å². The number of hydrogen-bond acceptors (Lipinski definition) is 12. The normalized spacial score (nSPS) is 15.4. The molecule has 0 heterocycles. The first kappa shape index (κ1) is 59.9. The molecule has 0 bridgehead atoms. The Labute approximate surface area is 383 Å². The number of phosphoric ester groups is 1. The van der Waals surface area contributed by atoms with Crippen molar-refractivity contribution in [3.63, 3.8) is 0 Å². The summed E-state index contributed by atoms with van der Waals surface area (Å²) in [7, 11) is -4.55. The van der Waals surface area contributed by atoms with Gasteiger partial charge in [0.15, 0.2) is 6.10 Å². The number of carbonyl (C=O) groups excluding carboxylic acids is 2. The van der Waals surface area contributed by atoms with E-state index in [4.69, 9.17) is 35.1 Å². The number of aliphatic hydroxyl groups excluding tert-OH is 1. The third-order valence-electron chi connectivity index (χ3n) is 9.25. The second-order valence-corrected chi connectivity index (χ2v) is 17.8. The van der Waals surface area contributed by atoms with Crippen LogP contribution in [0.15, 0.2) is 85.1 Å². The zero-order valence-corrected chi connectivity index (χ0v) is 39.9. The summed E-state index contributed by atoms with van der Waals surface area (Å²) in [5.74, 6) is -2.40. The summed E-state index contributed by atoms with van der Waals surface area (Å²) in [5, 5.41) is 19.4. The van der Waals surface area contributed by atoms with Crippen LogP contribution in [-0.4, -0.2) is 88.6 Å². The van der Waals surface area contributed by atoms with Crippen LogP contribution in [-0.2, 0) is 37.5 Å². The van der Waals surface area contributed by atoms with Crippen LogP contribution in [0.2, 0.25) is 0 Å². The molecule has 0 fully saturated rings. The number of phosphoric acid groups is 1. The van der Waals surface area contributed by atoms with Gasteiger partial charge in [-0.15, -0.1) is 11.8 Å². The van der Waals surface area contributed by atoms with Gasteiger partial charge in [0, 0.05) is 30.4 Å². The van der Waals surface area contributed by atoms with E-state index in [1.54, 1.807) is 12.2 Å². The molecule has 0 aromatic rings. The summed E-state index contributed by atoms with van der Waals surface area (Å²) >= 11 is 1.19. The molecule has 0 aliphatic carbocycles. The van der Waals surface area contributed by atoms with E-state index in [0.717, 1.165) is 32.1 Å². The van der Waals surface area contributed by atoms with E-state index >= 15 is 0 Å². The van der Waals surface area contributed by atoms with Gasteiger partial charge in [0.25, 0.3) is 0 Å². The van der Waals surface area contributed by atoms with Crippen molar-refractivity contribution in [2.75, 3.05) is 32.1 Å². The molecule has 0 saturated carbocycles. The Morgan fingerprint density at radius 2 is 1.27 bits per heavy atom. The van der Waals surface area contributed by atoms with Crippen LogP contribution in [0.5, 0.6) is 0 Å². The summed E-state index contributed by atoms with van der Waals surface area (Å²) in [6, 6.07) is -1.20. The van der Waals surface area contributed by atoms with Gasteiger partial charge in [0.2, 0.25) is 0 Å². The fourth-order valence-electron chi connectivity index (χ4n) is 5.66. The molecule has 1 unspecified atom stereocenters. The van der Waals surface area contributed by atoms with Crippen LogP contribution in [0.25, 0.3) is 0 Å². The highest BCUT2D eigenvalue weighted by Gasteiger charge is 2.28. The highest BCUT2D eigenvalue weighted by atomic mass is 32.2. The summed E-state index contributed by atoms with van der Waals surface area (Å²) < 4.78 is 32.9. The average Bonchev–Trinajstić information content (AvgIpc) is 3.25. The van der Waals surface area contributed by atoms with Gasteiger partial charge < -0.3 is 36.0 Å². The van der Waals surface area contributed by atoms with Crippen LogP contribution in [0.1, 0.15) is 142 Å². The third kappa shape index (κ3) is 40.2. The van der Waals surface area contributed by atoms with Crippen LogP contribution in [0, 0.1) is 0 Å². The SMILES string of the molecule is CCCCC/C=C\C\C=C/C=C/C=C/[C@@H](SC[C@H](N)C(=O)O[C@H](COC(=O)CCC/C=C\C/C=C\C/C=C\CCCCCCCC)COP(=O)(O)OCCN)[C@@H](O)CCCC(=O)O. The van der Waals surface area contributed by atoms with Gasteiger partial charge >= 0.3 is 25.7 Å². The molecular weight excluding hydrogens is 844 g/mol. The van der Waals surface area contributed by atoms with Crippen molar-refractivity contribution in [2.24, 2.45) is 11.5 Å². The van der Waals surface area contributed by atoms with Gasteiger partial charge in [-0.3, -0.25) is 23.4 Å². The van der Waals surface area contributed by atoms with Crippen molar-refractivity contribution < 1.29 is 52.6 Å². The minimum atomic E-state index is -4.55. The summed E-state index contributed by atoms with van der Waals surface area (Å²) in [6.45, 7) is 3.03. The van der Waals surface area contributed by atoms with Gasteiger partial charge in [-0.25, -0.2) is 4.57 Å². The van der Waals surface area contributed by atoms with E-state index in [9.17, 15) is 28.9 Å². The Morgan fingerprint density at radius 3 is 1.92 bits per heavy atom. The van der Waals surface area contributed by atoms with Crippen molar-refractivity contribution in [3.8, 4) is 0 Å². The lowest BCUT2D eigenvalue weighted by atomic mass is 10.1.